The summed E-state index contributed by atoms with van der Waals surface area (Å²) in [4.78, 5) is 0. The lowest BCUT2D eigenvalue weighted by Crippen LogP contribution is -2.35. The summed E-state index contributed by atoms with van der Waals surface area (Å²) < 4.78 is 13.0. The van der Waals surface area contributed by atoms with E-state index in [0.29, 0.717) is 10.9 Å². The summed E-state index contributed by atoms with van der Waals surface area (Å²) in [5.41, 5.74) is 0.897. The Balaban J connectivity index is 1.91. The van der Waals surface area contributed by atoms with E-state index >= 15 is 0 Å². The zero-order valence-corrected chi connectivity index (χ0v) is 12.0. The quantitative estimate of drug-likeness (QED) is 0.884. The van der Waals surface area contributed by atoms with Crippen molar-refractivity contribution in [2.24, 2.45) is 5.92 Å². The van der Waals surface area contributed by atoms with Crippen LogP contribution in [0.25, 0.3) is 0 Å². The van der Waals surface area contributed by atoms with Gasteiger partial charge in [-0.25, -0.2) is 4.39 Å². The maximum atomic E-state index is 13.0. The van der Waals surface area contributed by atoms with Crippen molar-refractivity contribution in [2.75, 3.05) is 6.54 Å². The molecule has 2 nitrogen and oxygen atoms in total. The summed E-state index contributed by atoms with van der Waals surface area (Å²) in [6, 6.07) is 4.54. The SMILES string of the molecule is CC(NCC1CCCCC1O)c1ccc(F)cc1Cl. The minimum absolute atomic E-state index is 0.0576. The lowest BCUT2D eigenvalue weighted by Gasteiger charge is -2.29. The van der Waals surface area contributed by atoms with Gasteiger partial charge in [0.2, 0.25) is 0 Å². The topological polar surface area (TPSA) is 32.3 Å². The van der Waals surface area contributed by atoms with Crippen molar-refractivity contribution in [3.8, 4) is 0 Å². The predicted molar refractivity (Wildman–Crippen MR) is 75.8 cm³/mol. The van der Waals surface area contributed by atoms with Crippen LogP contribution in [0.15, 0.2) is 18.2 Å². The molecule has 1 saturated carbocycles. The van der Waals surface area contributed by atoms with Crippen molar-refractivity contribution >= 4 is 11.6 Å². The first-order valence-corrected chi connectivity index (χ1v) is 7.32. The molecule has 0 saturated heterocycles. The van der Waals surface area contributed by atoms with Gasteiger partial charge >= 0.3 is 0 Å². The minimum atomic E-state index is -0.316. The average molecular weight is 286 g/mol. The summed E-state index contributed by atoms with van der Waals surface area (Å²) in [7, 11) is 0. The molecule has 1 aromatic carbocycles. The third kappa shape index (κ3) is 3.91. The van der Waals surface area contributed by atoms with Gasteiger partial charge in [0.1, 0.15) is 5.82 Å². The monoisotopic (exact) mass is 285 g/mol. The van der Waals surface area contributed by atoms with E-state index in [9.17, 15) is 9.50 Å². The molecule has 1 aliphatic carbocycles. The number of nitrogens with one attached hydrogen (secondary N) is 1. The van der Waals surface area contributed by atoms with Crippen molar-refractivity contribution in [3.05, 3.63) is 34.6 Å². The van der Waals surface area contributed by atoms with Crippen molar-refractivity contribution in [1.29, 1.82) is 0 Å². The second-order valence-electron chi connectivity index (χ2n) is 5.41. The molecule has 3 atom stereocenters. The fraction of sp³-hybridized carbons (Fsp3) is 0.600. The lowest BCUT2D eigenvalue weighted by molar-refractivity contribution is 0.0684. The number of hydrogen-bond acceptors (Lipinski definition) is 2. The van der Waals surface area contributed by atoms with Crippen LogP contribution in [0.4, 0.5) is 4.39 Å². The highest BCUT2D eigenvalue weighted by atomic mass is 35.5. The lowest BCUT2D eigenvalue weighted by atomic mass is 9.86. The largest absolute Gasteiger partial charge is 0.393 e. The van der Waals surface area contributed by atoms with Crippen LogP contribution in [-0.2, 0) is 0 Å². The molecule has 4 heteroatoms. The highest BCUT2D eigenvalue weighted by Gasteiger charge is 2.23. The number of benzene rings is 1. The number of aliphatic hydroxyl groups is 1. The second-order valence-corrected chi connectivity index (χ2v) is 5.81. The van der Waals surface area contributed by atoms with Crippen LogP contribution < -0.4 is 5.32 Å². The molecule has 2 N–H and O–H groups in total. The Bertz CT molecular complexity index is 427. The number of aliphatic hydroxyl groups excluding tert-OH is 1. The Labute approximate surface area is 119 Å². The smallest absolute Gasteiger partial charge is 0.124 e. The Hall–Kier alpha value is -0.640. The standard InChI is InChI=1S/C15H21ClFNO/c1-10(13-7-6-12(17)8-14(13)16)18-9-11-4-2-3-5-15(11)19/h6-8,10-11,15,18-19H,2-5,9H2,1H3. The Morgan fingerprint density at radius 1 is 1.42 bits per heavy atom. The fourth-order valence-electron chi connectivity index (χ4n) is 2.72. The van der Waals surface area contributed by atoms with Gasteiger partial charge in [0.15, 0.2) is 0 Å². The zero-order valence-electron chi connectivity index (χ0n) is 11.2. The number of rotatable bonds is 4. The summed E-state index contributed by atoms with van der Waals surface area (Å²) in [6.07, 6.45) is 4.08. The molecular formula is C15H21ClFNO. The first-order valence-electron chi connectivity index (χ1n) is 6.94. The molecule has 2 rings (SSSR count). The molecule has 0 amide bonds. The normalized spacial score (nSPS) is 25.3. The Morgan fingerprint density at radius 2 is 2.16 bits per heavy atom. The van der Waals surface area contributed by atoms with Gasteiger partial charge in [0.05, 0.1) is 6.10 Å². The molecular weight excluding hydrogens is 265 g/mol. The van der Waals surface area contributed by atoms with E-state index in [4.69, 9.17) is 11.6 Å². The van der Waals surface area contributed by atoms with E-state index < -0.39 is 0 Å². The highest BCUT2D eigenvalue weighted by Crippen LogP contribution is 2.26. The van der Waals surface area contributed by atoms with Crippen LogP contribution in [0.5, 0.6) is 0 Å². The summed E-state index contributed by atoms with van der Waals surface area (Å²) in [5.74, 6) is -0.000855. The second kappa shape index (κ2) is 6.69. The van der Waals surface area contributed by atoms with Gasteiger partial charge in [-0.1, -0.05) is 30.5 Å². The van der Waals surface area contributed by atoms with Crippen LogP contribution in [0.3, 0.4) is 0 Å². The molecule has 0 radical (unpaired) electrons. The van der Waals surface area contributed by atoms with E-state index in [0.717, 1.165) is 31.4 Å². The summed E-state index contributed by atoms with van der Waals surface area (Å²) >= 11 is 6.05. The molecule has 0 aromatic heterocycles. The molecule has 106 valence electrons. The van der Waals surface area contributed by atoms with Crippen LogP contribution in [0, 0.1) is 11.7 Å². The molecule has 0 spiro atoms. The maximum absolute atomic E-state index is 13.0. The maximum Gasteiger partial charge on any atom is 0.124 e. The van der Waals surface area contributed by atoms with Crippen molar-refractivity contribution < 1.29 is 9.50 Å². The first-order chi connectivity index (χ1) is 9.08. The highest BCUT2D eigenvalue weighted by molar-refractivity contribution is 6.31. The molecule has 1 aromatic rings. The van der Waals surface area contributed by atoms with E-state index in [-0.39, 0.29) is 18.0 Å². The third-order valence-corrected chi connectivity index (χ3v) is 4.31. The fourth-order valence-corrected chi connectivity index (χ4v) is 3.05. The summed E-state index contributed by atoms with van der Waals surface area (Å²) in [6.45, 7) is 2.78. The van der Waals surface area contributed by atoms with Gasteiger partial charge in [0, 0.05) is 17.6 Å². The van der Waals surface area contributed by atoms with E-state index in [1.54, 1.807) is 6.07 Å². The van der Waals surface area contributed by atoms with Crippen molar-refractivity contribution in [1.82, 2.24) is 5.32 Å². The van der Waals surface area contributed by atoms with Gasteiger partial charge < -0.3 is 10.4 Å². The van der Waals surface area contributed by atoms with Gasteiger partial charge in [0.25, 0.3) is 0 Å². The van der Waals surface area contributed by atoms with Crippen molar-refractivity contribution in [2.45, 2.75) is 44.8 Å². The average Bonchev–Trinajstić information content (AvgIpc) is 2.37. The van der Waals surface area contributed by atoms with Crippen LogP contribution in [0.2, 0.25) is 5.02 Å². The minimum Gasteiger partial charge on any atom is -0.393 e. The van der Waals surface area contributed by atoms with E-state index in [1.165, 1.54) is 18.6 Å². The number of hydrogen-bond donors (Lipinski definition) is 2. The van der Waals surface area contributed by atoms with Gasteiger partial charge in [-0.2, -0.15) is 0 Å². The van der Waals surface area contributed by atoms with Crippen LogP contribution in [-0.4, -0.2) is 17.8 Å². The zero-order chi connectivity index (χ0) is 13.8. The Morgan fingerprint density at radius 3 is 2.84 bits per heavy atom. The molecule has 0 heterocycles. The molecule has 0 aliphatic heterocycles. The van der Waals surface area contributed by atoms with Crippen molar-refractivity contribution in [3.63, 3.8) is 0 Å². The first kappa shape index (κ1) is 14.8. The molecule has 3 unspecified atom stereocenters. The van der Waals surface area contributed by atoms with Crippen LogP contribution in [0.1, 0.15) is 44.2 Å². The van der Waals surface area contributed by atoms with Gasteiger partial charge in [-0.3, -0.25) is 0 Å². The molecule has 1 fully saturated rings. The third-order valence-electron chi connectivity index (χ3n) is 3.98. The number of halogens is 2. The molecule has 0 bridgehead atoms. The molecule has 1 aliphatic rings. The Kier molecular flexibility index (Phi) is 5.20. The van der Waals surface area contributed by atoms with E-state index in [1.807, 2.05) is 6.92 Å². The predicted octanol–water partition coefficient (Wildman–Crippen LogP) is 3.68. The van der Waals surface area contributed by atoms with Gasteiger partial charge in [-0.15, -0.1) is 0 Å². The van der Waals surface area contributed by atoms with Gasteiger partial charge in [-0.05, 0) is 43.4 Å². The molecule has 19 heavy (non-hydrogen) atoms. The van der Waals surface area contributed by atoms with Crippen LogP contribution >= 0.6 is 11.6 Å². The summed E-state index contributed by atoms with van der Waals surface area (Å²) in [5, 5.41) is 13.8. The van der Waals surface area contributed by atoms with E-state index in [2.05, 4.69) is 5.32 Å².